The normalized spacial score (nSPS) is 10.6. The SMILES string of the molecule is Cc1c(-c2ccccc2)cccc1-c1nnc(-c2ccc(Cl)c(CNCC(=O)O)c2)o1.Cl. The van der Waals surface area contributed by atoms with Crippen LogP contribution in [-0.4, -0.2) is 27.8 Å². The molecule has 0 radical (unpaired) electrons. The van der Waals surface area contributed by atoms with Crippen molar-refractivity contribution in [3.05, 3.63) is 82.9 Å². The molecule has 1 aromatic heterocycles. The van der Waals surface area contributed by atoms with E-state index >= 15 is 0 Å². The van der Waals surface area contributed by atoms with Gasteiger partial charge < -0.3 is 14.8 Å². The fourth-order valence-electron chi connectivity index (χ4n) is 3.39. The highest BCUT2D eigenvalue weighted by molar-refractivity contribution is 6.31. The molecule has 0 spiro atoms. The van der Waals surface area contributed by atoms with Crippen LogP contribution in [0.2, 0.25) is 5.02 Å². The lowest BCUT2D eigenvalue weighted by Crippen LogP contribution is -2.22. The quantitative estimate of drug-likeness (QED) is 0.364. The van der Waals surface area contributed by atoms with E-state index in [0.29, 0.717) is 28.9 Å². The van der Waals surface area contributed by atoms with Gasteiger partial charge in [-0.2, -0.15) is 0 Å². The summed E-state index contributed by atoms with van der Waals surface area (Å²) in [5, 5.41) is 20.6. The number of halogens is 2. The number of rotatable bonds is 7. The Labute approximate surface area is 196 Å². The Hall–Kier alpha value is -3.19. The third-order valence-electron chi connectivity index (χ3n) is 4.96. The number of carbonyl (C=O) groups is 1. The first-order valence-corrected chi connectivity index (χ1v) is 10.1. The summed E-state index contributed by atoms with van der Waals surface area (Å²) in [6, 6.07) is 21.5. The average Bonchev–Trinajstić information content (AvgIpc) is 3.25. The minimum absolute atomic E-state index is 0. The van der Waals surface area contributed by atoms with E-state index in [2.05, 4.69) is 33.7 Å². The summed E-state index contributed by atoms with van der Waals surface area (Å²) in [6.07, 6.45) is 0. The Bertz CT molecular complexity index is 1230. The molecule has 0 aliphatic heterocycles. The molecule has 0 atom stereocenters. The van der Waals surface area contributed by atoms with Crippen molar-refractivity contribution in [3.8, 4) is 34.0 Å². The summed E-state index contributed by atoms with van der Waals surface area (Å²) in [6.45, 7) is 2.20. The second-order valence-electron chi connectivity index (χ2n) is 7.06. The van der Waals surface area contributed by atoms with Gasteiger partial charge in [0.25, 0.3) is 0 Å². The molecule has 0 saturated carbocycles. The van der Waals surface area contributed by atoms with Crippen LogP contribution in [0, 0.1) is 6.92 Å². The molecule has 164 valence electrons. The number of benzene rings is 3. The van der Waals surface area contributed by atoms with Gasteiger partial charge in [-0.1, -0.05) is 54.1 Å². The Balaban J connectivity index is 0.00000289. The molecule has 0 aliphatic rings. The number of hydrogen-bond acceptors (Lipinski definition) is 5. The van der Waals surface area contributed by atoms with Crippen molar-refractivity contribution in [3.63, 3.8) is 0 Å². The van der Waals surface area contributed by atoms with Crippen molar-refractivity contribution >= 4 is 30.0 Å². The van der Waals surface area contributed by atoms with E-state index in [1.165, 1.54) is 0 Å². The van der Waals surface area contributed by atoms with Crippen LogP contribution in [0.25, 0.3) is 34.0 Å². The van der Waals surface area contributed by atoms with Gasteiger partial charge in [0.05, 0.1) is 6.54 Å². The Morgan fingerprint density at radius 1 is 0.969 bits per heavy atom. The summed E-state index contributed by atoms with van der Waals surface area (Å²) in [5.74, 6) is -0.122. The van der Waals surface area contributed by atoms with Crippen LogP contribution in [-0.2, 0) is 11.3 Å². The highest BCUT2D eigenvalue weighted by Gasteiger charge is 2.16. The van der Waals surface area contributed by atoms with Gasteiger partial charge in [0.15, 0.2) is 0 Å². The highest BCUT2D eigenvalue weighted by Crippen LogP contribution is 2.33. The summed E-state index contributed by atoms with van der Waals surface area (Å²) in [4.78, 5) is 10.7. The number of carboxylic acids is 1. The fourth-order valence-corrected chi connectivity index (χ4v) is 3.58. The van der Waals surface area contributed by atoms with Gasteiger partial charge >= 0.3 is 5.97 Å². The smallest absolute Gasteiger partial charge is 0.317 e. The molecule has 3 aromatic carbocycles. The third-order valence-corrected chi connectivity index (χ3v) is 5.33. The molecule has 4 aromatic rings. The molecule has 6 nitrogen and oxygen atoms in total. The third kappa shape index (κ3) is 5.16. The van der Waals surface area contributed by atoms with Crippen molar-refractivity contribution in [1.82, 2.24) is 15.5 Å². The zero-order chi connectivity index (χ0) is 21.8. The molecule has 0 saturated heterocycles. The minimum atomic E-state index is -0.929. The van der Waals surface area contributed by atoms with Crippen molar-refractivity contribution in [1.29, 1.82) is 0 Å². The van der Waals surface area contributed by atoms with Gasteiger partial charge in [-0.05, 0) is 53.4 Å². The van der Waals surface area contributed by atoms with Gasteiger partial charge in [0.2, 0.25) is 11.8 Å². The number of hydrogen-bond donors (Lipinski definition) is 2. The average molecular weight is 470 g/mol. The summed E-state index contributed by atoms with van der Waals surface area (Å²) in [5.41, 5.74) is 5.62. The largest absolute Gasteiger partial charge is 0.480 e. The maximum absolute atomic E-state index is 10.7. The zero-order valence-electron chi connectivity index (χ0n) is 17.2. The molecule has 0 amide bonds. The van der Waals surface area contributed by atoms with E-state index in [0.717, 1.165) is 27.8 Å². The van der Waals surface area contributed by atoms with Crippen molar-refractivity contribution < 1.29 is 14.3 Å². The predicted molar refractivity (Wildman–Crippen MR) is 127 cm³/mol. The molecule has 4 rings (SSSR count). The summed E-state index contributed by atoms with van der Waals surface area (Å²) in [7, 11) is 0. The molecule has 2 N–H and O–H groups in total. The van der Waals surface area contributed by atoms with Crippen molar-refractivity contribution in [2.24, 2.45) is 0 Å². The molecule has 0 unspecified atom stereocenters. The monoisotopic (exact) mass is 469 g/mol. The number of nitrogens with one attached hydrogen (secondary N) is 1. The van der Waals surface area contributed by atoms with Gasteiger partial charge in [-0.25, -0.2) is 0 Å². The molecule has 8 heteroatoms. The van der Waals surface area contributed by atoms with E-state index in [4.69, 9.17) is 21.1 Å². The summed E-state index contributed by atoms with van der Waals surface area (Å²) < 4.78 is 5.99. The lowest BCUT2D eigenvalue weighted by atomic mass is 9.96. The predicted octanol–water partition coefficient (Wildman–Crippen LogP) is 5.63. The van der Waals surface area contributed by atoms with E-state index in [9.17, 15) is 4.79 Å². The summed E-state index contributed by atoms with van der Waals surface area (Å²) >= 11 is 6.24. The van der Waals surface area contributed by atoms with Crippen LogP contribution < -0.4 is 5.32 Å². The molecule has 0 bridgehead atoms. The van der Waals surface area contributed by atoms with Gasteiger partial charge in [0, 0.05) is 22.7 Å². The second-order valence-corrected chi connectivity index (χ2v) is 7.47. The first-order chi connectivity index (χ1) is 15.0. The molecular weight excluding hydrogens is 449 g/mol. The number of aromatic nitrogens is 2. The van der Waals surface area contributed by atoms with Gasteiger partial charge in [-0.3, -0.25) is 4.79 Å². The van der Waals surface area contributed by atoms with Crippen molar-refractivity contribution in [2.45, 2.75) is 13.5 Å². The molecular formula is C24H21Cl2N3O3. The highest BCUT2D eigenvalue weighted by atomic mass is 35.5. The second kappa shape index (κ2) is 10.4. The van der Waals surface area contributed by atoms with Crippen LogP contribution in [0.5, 0.6) is 0 Å². The van der Waals surface area contributed by atoms with Crippen LogP contribution in [0.1, 0.15) is 11.1 Å². The molecule has 1 heterocycles. The van der Waals surface area contributed by atoms with E-state index in [1.54, 1.807) is 12.1 Å². The Morgan fingerprint density at radius 2 is 1.69 bits per heavy atom. The van der Waals surface area contributed by atoms with E-state index in [1.807, 2.05) is 43.3 Å². The molecule has 32 heavy (non-hydrogen) atoms. The topological polar surface area (TPSA) is 88.2 Å². The standard InChI is InChI=1S/C24H20ClN3O3.ClH/c1-15-19(16-6-3-2-4-7-16)8-5-9-20(15)24-28-27-23(31-24)17-10-11-21(25)18(12-17)13-26-14-22(29)30;/h2-12,26H,13-14H2,1H3,(H,29,30);1H. The lowest BCUT2D eigenvalue weighted by Gasteiger charge is -2.09. The minimum Gasteiger partial charge on any atom is -0.480 e. The zero-order valence-corrected chi connectivity index (χ0v) is 18.8. The maximum Gasteiger partial charge on any atom is 0.317 e. The number of nitrogens with zero attached hydrogens (tertiary/aromatic N) is 2. The van der Waals surface area contributed by atoms with Crippen LogP contribution in [0.4, 0.5) is 0 Å². The van der Waals surface area contributed by atoms with Crippen LogP contribution in [0.15, 0.2) is 71.1 Å². The Morgan fingerprint density at radius 3 is 2.44 bits per heavy atom. The van der Waals surface area contributed by atoms with Gasteiger partial charge in [0.1, 0.15) is 0 Å². The van der Waals surface area contributed by atoms with E-state index < -0.39 is 5.97 Å². The first kappa shape index (κ1) is 23.5. The first-order valence-electron chi connectivity index (χ1n) is 9.73. The van der Waals surface area contributed by atoms with Crippen molar-refractivity contribution in [2.75, 3.05) is 6.54 Å². The van der Waals surface area contributed by atoms with Crippen LogP contribution in [0.3, 0.4) is 0 Å². The molecule has 0 fully saturated rings. The van der Waals surface area contributed by atoms with E-state index in [-0.39, 0.29) is 19.0 Å². The fraction of sp³-hybridized carbons (Fsp3) is 0.125. The Kier molecular flexibility index (Phi) is 7.64. The van der Waals surface area contributed by atoms with Crippen LogP contribution >= 0.6 is 24.0 Å². The number of carboxylic acid groups (broad SMARTS) is 1. The molecule has 0 aliphatic carbocycles. The number of aliphatic carboxylic acids is 1. The van der Waals surface area contributed by atoms with Gasteiger partial charge in [-0.15, -0.1) is 22.6 Å². The maximum atomic E-state index is 10.7. The lowest BCUT2D eigenvalue weighted by molar-refractivity contribution is -0.135.